The Morgan fingerprint density at radius 2 is 1.78 bits per heavy atom. The van der Waals surface area contributed by atoms with Gasteiger partial charge < -0.3 is 5.32 Å². The number of aryl methyl sites for hydroxylation is 2. The van der Waals surface area contributed by atoms with Crippen LogP contribution in [0.2, 0.25) is 0 Å². The summed E-state index contributed by atoms with van der Waals surface area (Å²) in [5.74, 6) is -0.901. The van der Waals surface area contributed by atoms with Crippen molar-refractivity contribution in [2.75, 3.05) is 6.54 Å². The van der Waals surface area contributed by atoms with Crippen molar-refractivity contribution >= 4 is 27.8 Å². The topological polar surface area (TPSA) is 86.7 Å². The first-order chi connectivity index (χ1) is 17.1. The minimum Gasteiger partial charge on any atom is -0.345 e. The van der Waals surface area contributed by atoms with E-state index in [9.17, 15) is 22.8 Å². The van der Waals surface area contributed by atoms with E-state index >= 15 is 0 Å². The quantitative estimate of drug-likeness (QED) is 0.404. The van der Waals surface area contributed by atoms with E-state index in [1.807, 2.05) is 37.5 Å². The lowest BCUT2D eigenvalue weighted by Gasteiger charge is -2.11. The number of para-hydroxylation sites is 2. The largest absolute Gasteiger partial charge is 0.405 e. The van der Waals surface area contributed by atoms with Crippen molar-refractivity contribution in [2.24, 2.45) is 7.05 Å². The molecule has 3 heterocycles. The fourth-order valence-corrected chi connectivity index (χ4v) is 4.36. The van der Waals surface area contributed by atoms with Crippen LogP contribution in [0.3, 0.4) is 0 Å². The Labute approximate surface area is 202 Å². The molecule has 184 valence electrons. The van der Waals surface area contributed by atoms with Crippen LogP contribution in [0.15, 0.2) is 65.8 Å². The van der Waals surface area contributed by atoms with E-state index < -0.39 is 30.9 Å². The van der Waals surface area contributed by atoms with Crippen LogP contribution in [0.25, 0.3) is 38.8 Å². The number of carbonyl (C=O) groups excluding carboxylic acids is 1. The van der Waals surface area contributed by atoms with Crippen molar-refractivity contribution in [1.82, 2.24) is 29.2 Å². The Kier molecular flexibility index (Phi) is 5.62. The Morgan fingerprint density at radius 3 is 2.50 bits per heavy atom. The average molecular weight is 494 g/mol. The second-order valence-corrected chi connectivity index (χ2v) is 8.47. The number of carbonyl (C=O) groups is 1. The summed E-state index contributed by atoms with van der Waals surface area (Å²) in [6.45, 7) is -0.128. The number of nitrogens with zero attached hydrogens (tertiary/aromatic N) is 5. The second kappa shape index (κ2) is 8.67. The van der Waals surface area contributed by atoms with Crippen molar-refractivity contribution in [3.63, 3.8) is 0 Å². The number of hydrogen-bond acceptors (Lipinski definition) is 4. The molecule has 5 rings (SSSR count). The summed E-state index contributed by atoms with van der Waals surface area (Å²) < 4.78 is 41.9. The Bertz CT molecular complexity index is 1680. The molecule has 0 atom stereocenters. The number of aromatic nitrogens is 5. The number of halogens is 3. The van der Waals surface area contributed by atoms with Gasteiger partial charge in [-0.15, -0.1) is 0 Å². The molecule has 0 aliphatic rings. The molecule has 0 fully saturated rings. The lowest BCUT2D eigenvalue weighted by molar-refractivity contribution is -0.138. The van der Waals surface area contributed by atoms with Crippen molar-refractivity contribution in [3.05, 3.63) is 77.1 Å². The van der Waals surface area contributed by atoms with E-state index in [0.717, 1.165) is 27.6 Å². The van der Waals surface area contributed by atoms with Crippen LogP contribution in [-0.4, -0.2) is 42.5 Å². The van der Waals surface area contributed by atoms with Crippen molar-refractivity contribution in [1.29, 1.82) is 0 Å². The van der Waals surface area contributed by atoms with Crippen LogP contribution in [-0.2, 0) is 18.4 Å². The minimum atomic E-state index is -4.54. The van der Waals surface area contributed by atoms with Gasteiger partial charge in [-0.1, -0.05) is 18.2 Å². The predicted molar refractivity (Wildman–Crippen MR) is 129 cm³/mol. The standard InChI is InChI=1S/C25H21F3N6O2/c1-15-9-16(17-10-29-12-22-18(17)11-31-32(22)2)7-8-19(15)34-21-6-4-3-5-20(21)33(24(34)36)13-23(35)30-14-25(26,27)28/h3-12H,13-14H2,1-2H3,(H,30,35). The minimum absolute atomic E-state index is 0.442. The molecule has 0 aliphatic heterocycles. The Morgan fingerprint density at radius 1 is 1.03 bits per heavy atom. The zero-order valence-electron chi connectivity index (χ0n) is 19.4. The highest BCUT2D eigenvalue weighted by atomic mass is 19.4. The third-order valence-corrected chi connectivity index (χ3v) is 6.05. The molecule has 0 saturated heterocycles. The van der Waals surface area contributed by atoms with E-state index in [-0.39, 0.29) is 0 Å². The van der Waals surface area contributed by atoms with Gasteiger partial charge in [0.05, 0.1) is 34.6 Å². The van der Waals surface area contributed by atoms with Crippen molar-refractivity contribution < 1.29 is 18.0 Å². The number of benzene rings is 2. The van der Waals surface area contributed by atoms with Gasteiger partial charge in [-0.2, -0.15) is 18.3 Å². The maximum Gasteiger partial charge on any atom is 0.405 e. The molecule has 1 N–H and O–H groups in total. The van der Waals surface area contributed by atoms with Gasteiger partial charge in [-0.25, -0.2) is 4.79 Å². The number of alkyl halides is 3. The van der Waals surface area contributed by atoms with Gasteiger partial charge in [-0.05, 0) is 42.3 Å². The fraction of sp³-hybridized carbons (Fsp3) is 0.200. The first-order valence-corrected chi connectivity index (χ1v) is 11.0. The lowest BCUT2D eigenvalue weighted by atomic mass is 10.0. The lowest BCUT2D eigenvalue weighted by Crippen LogP contribution is -2.38. The summed E-state index contributed by atoms with van der Waals surface area (Å²) in [6, 6.07) is 12.5. The first kappa shape index (κ1) is 23.3. The number of hydrogen-bond donors (Lipinski definition) is 1. The van der Waals surface area contributed by atoms with Crippen LogP contribution < -0.4 is 11.0 Å². The molecule has 0 unspecified atom stereocenters. The van der Waals surface area contributed by atoms with Crippen molar-refractivity contribution in [3.8, 4) is 16.8 Å². The molecule has 0 bridgehead atoms. The van der Waals surface area contributed by atoms with Gasteiger partial charge in [0.1, 0.15) is 13.1 Å². The molecule has 1 amide bonds. The van der Waals surface area contributed by atoms with Gasteiger partial charge in [0.2, 0.25) is 5.91 Å². The molecular weight excluding hydrogens is 473 g/mol. The van der Waals surface area contributed by atoms with E-state index in [1.54, 1.807) is 47.5 Å². The van der Waals surface area contributed by atoms with Crippen LogP contribution in [0.5, 0.6) is 0 Å². The summed E-state index contributed by atoms with van der Waals surface area (Å²) in [6.07, 6.45) is 0.739. The van der Waals surface area contributed by atoms with Gasteiger partial charge in [0, 0.05) is 24.2 Å². The Balaban J connectivity index is 1.57. The summed E-state index contributed by atoms with van der Waals surface area (Å²) >= 11 is 0. The molecular formula is C25H21F3N6O2. The molecule has 0 saturated carbocycles. The number of rotatable bonds is 5. The molecule has 0 spiro atoms. The highest BCUT2D eigenvalue weighted by Gasteiger charge is 2.28. The first-order valence-electron chi connectivity index (χ1n) is 11.0. The smallest absolute Gasteiger partial charge is 0.345 e. The second-order valence-electron chi connectivity index (χ2n) is 8.47. The zero-order chi connectivity index (χ0) is 25.6. The number of pyridine rings is 1. The third-order valence-electron chi connectivity index (χ3n) is 6.05. The van der Waals surface area contributed by atoms with Gasteiger partial charge in [0.25, 0.3) is 0 Å². The number of fused-ring (bicyclic) bond motifs is 2. The third kappa shape index (κ3) is 4.12. The SMILES string of the molecule is Cc1cc(-c2cncc3c2cnn3C)ccc1-n1c(=O)n(CC(=O)NCC(F)(F)F)c2ccccc21. The molecule has 0 radical (unpaired) electrons. The summed E-state index contributed by atoms with van der Waals surface area (Å²) in [5.41, 5.74) is 4.52. The van der Waals surface area contributed by atoms with E-state index in [1.165, 1.54) is 9.13 Å². The van der Waals surface area contributed by atoms with Crippen molar-refractivity contribution in [2.45, 2.75) is 19.6 Å². The summed E-state index contributed by atoms with van der Waals surface area (Å²) in [4.78, 5) is 29.9. The summed E-state index contributed by atoms with van der Waals surface area (Å²) in [7, 11) is 1.84. The highest BCUT2D eigenvalue weighted by Crippen LogP contribution is 2.30. The molecule has 11 heteroatoms. The number of nitrogens with one attached hydrogen (secondary N) is 1. The number of amides is 1. The molecule has 5 aromatic rings. The molecule has 36 heavy (non-hydrogen) atoms. The van der Waals surface area contributed by atoms with Crippen LogP contribution in [0.4, 0.5) is 13.2 Å². The van der Waals surface area contributed by atoms with Crippen LogP contribution in [0, 0.1) is 6.92 Å². The van der Waals surface area contributed by atoms with Crippen LogP contribution in [0.1, 0.15) is 5.56 Å². The zero-order valence-corrected chi connectivity index (χ0v) is 19.4. The molecule has 8 nitrogen and oxygen atoms in total. The van der Waals surface area contributed by atoms with E-state index in [2.05, 4.69) is 10.1 Å². The average Bonchev–Trinajstić information content (AvgIpc) is 3.35. The molecule has 0 aliphatic carbocycles. The summed E-state index contributed by atoms with van der Waals surface area (Å²) in [5, 5.41) is 7.06. The molecule has 2 aromatic carbocycles. The normalized spacial score (nSPS) is 11.9. The predicted octanol–water partition coefficient (Wildman–Crippen LogP) is 3.73. The highest BCUT2D eigenvalue weighted by molar-refractivity contribution is 5.94. The van der Waals surface area contributed by atoms with E-state index in [0.29, 0.717) is 16.7 Å². The fourth-order valence-electron chi connectivity index (χ4n) is 4.36. The monoisotopic (exact) mass is 494 g/mol. The Hall–Kier alpha value is -4.41. The maximum atomic E-state index is 13.4. The van der Waals surface area contributed by atoms with Gasteiger partial charge >= 0.3 is 11.9 Å². The molecule has 3 aromatic heterocycles. The van der Waals surface area contributed by atoms with Gasteiger partial charge in [0.15, 0.2) is 0 Å². The van der Waals surface area contributed by atoms with Gasteiger partial charge in [-0.3, -0.25) is 23.6 Å². The van der Waals surface area contributed by atoms with E-state index in [4.69, 9.17) is 0 Å². The van der Waals surface area contributed by atoms with Crippen LogP contribution >= 0.6 is 0 Å². The number of imidazole rings is 1. The maximum absolute atomic E-state index is 13.4.